The first kappa shape index (κ1) is 30.0. The summed E-state index contributed by atoms with van der Waals surface area (Å²) in [5.41, 5.74) is 9.82. The summed E-state index contributed by atoms with van der Waals surface area (Å²) in [5.74, 6) is 0. The molecule has 11 rings (SSSR count). The molecule has 0 fully saturated rings. The van der Waals surface area contributed by atoms with Crippen LogP contribution < -0.4 is 4.90 Å². The standard InChI is InChI=1S/C50H31NOS/c1-2-15-37-34(12-1)31-46(41-17-4-3-16-40(37)41)51(35-28-26-32(27-29-35)38-20-10-22-44-42-18-5-7-24-47(42)52-49(38)44)36-14-9-13-33(30-36)39-21-11-23-45-43-19-6-8-25-48(43)53-50(39)45/h1-31H. The summed E-state index contributed by atoms with van der Waals surface area (Å²) in [4.78, 5) is 2.43. The molecule has 0 N–H and O–H groups in total. The fourth-order valence-corrected chi connectivity index (χ4v) is 9.44. The van der Waals surface area contributed by atoms with Gasteiger partial charge in [0.15, 0.2) is 0 Å². The van der Waals surface area contributed by atoms with E-state index in [-0.39, 0.29) is 0 Å². The highest BCUT2D eigenvalue weighted by Gasteiger charge is 2.20. The van der Waals surface area contributed by atoms with Gasteiger partial charge in [0, 0.05) is 53.3 Å². The maximum Gasteiger partial charge on any atom is 0.143 e. The molecule has 0 saturated heterocycles. The molecule has 2 aromatic heterocycles. The molecule has 11 aromatic rings. The van der Waals surface area contributed by atoms with E-state index in [1.807, 2.05) is 23.5 Å². The lowest BCUT2D eigenvalue weighted by Gasteiger charge is -2.28. The zero-order valence-electron chi connectivity index (χ0n) is 28.7. The summed E-state index contributed by atoms with van der Waals surface area (Å²) in [6.45, 7) is 0. The van der Waals surface area contributed by atoms with Crippen LogP contribution in [0.25, 0.3) is 85.9 Å². The van der Waals surface area contributed by atoms with Crippen molar-refractivity contribution in [3.05, 3.63) is 188 Å². The van der Waals surface area contributed by atoms with Gasteiger partial charge in [-0.05, 0) is 75.3 Å². The third kappa shape index (κ3) is 4.78. The van der Waals surface area contributed by atoms with Gasteiger partial charge in [-0.3, -0.25) is 0 Å². The predicted octanol–water partition coefficient (Wildman–Crippen LogP) is 15.1. The van der Waals surface area contributed by atoms with Gasteiger partial charge in [-0.25, -0.2) is 0 Å². The van der Waals surface area contributed by atoms with Gasteiger partial charge < -0.3 is 9.32 Å². The number of anilines is 3. The number of furan rings is 1. The van der Waals surface area contributed by atoms with Crippen molar-refractivity contribution in [3.8, 4) is 22.3 Å². The Morgan fingerprint density at radius 3 is 1.92 bits per heavy atom. The van der Waals surface area contributed by atoms with E-state index in [0.29, 0.717) is 0 Å². The zero-order valence-corrected chi connectivity index (χ0v) is 29.5. The second-order valence-electron chi connectivity index (χ2n) is 13.7. The number of hydrogen-bond acceptors (Lipinski definition) is 3. The predicted molar refractivity (Wildman–Crippen MR) is 227 cm³/mol. The average molecular weight is 694 g/mol. The fourth-order valence-electron chi connectivity index (χ4n) is 8.20. The van der Waals surface area contributed by atoms with Gasteiger partial charge in [-0.15, -0.1) is 11.3 Å². The summed E-state index contributed by atoms with van der Waals surface area (Å²) < 4.78 is 9.07. The van der Waals surface area contributed by atoms with E-state index in [1.165, 1.54) is 52.8 Å². The van der Waals surface area contributed by atoms with Gasteiger partial charge in [0.05, 0.1) is 5.69 Å². The first-order valence-electron chi connectivity index (χ1n) is 18.0. The molecule has 3 heteroatoms. The molecule has 0 atom stereocenters. The molecule has 0 aliphatic heterocycles. The second kappa shape index (κ2) is 11.9. The lowest BCUT2D eigenvalue weighted by atomic mass is 9.97. The third-order valence-electron chi connectivity index (χ3n) is 10.6. The molecule has 0 spiro atoms. The van der Waals surface area contributed by atoms with Crippen LogP contribution in [0.15, 0.2) is 192 Å². The molecular weight excluding hydrogens is 663 g/mol. The number of thiophene rings is 1. The first-order chi connectivity index (χ1) is 26.3. The van der Waals surface area contributed by atoms with E-state index >= 15 is 0 Å². The number of benzene rings is 9. The Bertz CT molecular complexity index is 3190. The van der Waals surface area contributed by atoms with Crippen molar-refractivity contribution in [2.24, 2.45) is 0 Å². The van der Waals surface area contributed by atoms with E-state index in [0.717, 1.165) is 50.1 Å². The van der Waals surface area contributed by atoms with Crippen molar-refractivity contribution in [1.29, 1.82) is 0 Å². The largest absolute Gasteiger partial charge is 0.455 e. The topological polar surface area (TPSA) is 16.4 Å². The molecule has 0 amide bonds. The number of rotatable bonds is 5. The highest BCUT2D eigenvalue weighted by molar-refractivity contribution is 7.26. The van der Waals surface area contributed by atoms with Gasteiger partial charge in [-0.1, -0.05) is 146 Å². The minimum atomic E-state index is 0.909. The van der Waals surface area contributed by atoms with Crippen molar-refractivity contribution in [2.75, 3.05) is 4.90 Å². The molecule has 0 saturated carbocycles. The van der Waals surface area contributed by atoms with Crippen LogP contribution in [0, 0.1) is 0 Å². The molecule has 0 bridgehead atoms. The summed E-state index contributed by atoms with van der Waals surface area (Å²) >= 11 is 1.87. The molecule has 9 aromatic carbocycles. The Hall–Kier alpha value is -6.68. The Morgan fingerprint density at radius 1 is 0.396 bits per heavy atom. The molecule has 2 heterocycles. The van der Waals surface area contributed by atoms with Crippen LogP contribution in [0.3, 0.4) is 0 Å². The van der Waals surface area contributed by atoms with Crippen LogP contribution >= 0.6 is 11.3 Å². The Balaban J connectivity index is 1.11. The zero-order chi connectivity index (χ0) is 34.9. The Labute approximate surface area is 310 Å². The van der Waals surface area contributed by atoms with Crippen molar-refractivity contribution in [3.63, 3.8) is 0 Å². The van der Waals surface area contributed by atoms with Gasteiger partial charge in [0.1, 0.15) is 11.2 Å². The van der Waals surface area contributed by atoms with Gasteiger partial charge in [-0.2, -0.15) is 0 Å². The minimum Gasteiger partial charge on any atom is -0.455 e. The van der Waals surface area contributed by atoms with E-state index in [2.05, 4.69) is 181 Å². The van der Waals surface area contributed by atoms with Crippen LogP contribution in [0.4, 0.5) is 17.1 Å². The van der Waals surface area contributed by atoms with E-state index in [1.54, 1.807) is 0 Å². The second-order valence-corrected chi connectivity index (χ2v) is 14.7. The highest BCUT2D eigenvalue weighted by atomic mass is 32.1. The smallest absolute Gasteiger partial charge is 0.143 e. The van der Waals surface area contributed by atoms with Gasteiger partial charge in [0.2, 0.25) is 0 Å². The van der Waals surface area contributed by atoms with E-state index in [4.69, 9.17) is 4.42 Å². The SMILES string of the molecule is c1cc(-c2cccc3c2sc2ccccc23)cc(N(c2ccc(-c3cccc4c3oc3ccccc34)cc2)c2cc3ccccc3c3ccccc23)c1. The summed E-state index contributed by atoms with van der Waals surface area (Å²) in [6.07, 6.45) is 0. The molecular formula is C50H31NOS. The lowest BCUT2D eigenvalue weighted by Crippen LogP contribution is -2.10. The average Bonchev–Trinajstić information content (AvgIpc) is 3.80. The van der Waals surface area contributed by atoms with E-state index in [9.17, 15) is 0 Å². The van der Waals surface area contributed by atoms with Crippen LogP contribution in [0.1, 0.15) is 0 Å². The van der Waals surface area contributed by atoms with Crippen LogP contribution in [-0.2, 0) is 0 Å². The Morgan fingerprint density at radius 2 is 1.06 bits per heavy atom. The van der Waals surface area contributed by atoms with Crippen LogP contribution in [0.2, 0.25) is 0 Å². The quantitative estimate of drug-likeness (QED) is 0.167. The summed E-state index contributed by atoms with van der Waals surface area (Å²) in [7, 11) is 0. The number of para-hydroxylation sites is 2. The Kier molecular flexibility index (Phi) is 6.76. The fraction of sp³-hybridized carbons (Fsp3) is 0. The molecule has 248 valence electrons. The third-order valence-corrected chi connectivity index (χ3v) is 11.9. The number of fused-ring (bicyclic) bond motifs is 9. The molecule has 0 aliphatic carbocycles. The van der Waals surface area contributed by atoms with Crippen molar-refractivity contribution in [1.82, 2.24) is 0 Å². The van der Waals surface area contributed by atoms with Crippen molar-refractivity contribution >= 4 is 92.1 Å². The van der Waals surface area contributed by atoms with Gasteiger partial charge in [0.25, 0.3) is 0 Å². The lowest BCUT2D eigenvalue weighted by molar-refractivity contribution is 0.670. The van der Waals surface area contributed by atoms with Crippen molar-refractivity contribution in [2.45, 2.75) is 0 Å². The highest BCUT2D eigenvalue weighted by Crippen LogP contribution is 2.45. The first-order valence-corrected chi connectivity index (χ1v) is 18.8. The summed E-state index contributed by atoms with van der Waals surface area (Å²) in [5, 5.41) is 9.81. The monoisotopic (exact) mass is 693 g/mol. The van der Waals surface area contributed by atoms with Crippen molar-refractivity contribution < 1.29 is 4.42 Å². The number of nitrogens with zero attached hydrogens (tertiary/aromatic N) is 1. The molecule has 0 aliphatic rings. The molecule has 2 nitrogen and oxygen atoms in total. The van der Waals surface area contributed by atoms with E-state index < -0.39 is 0 Å². The molecule has 0 radical (unpaired) electrons. The normalized spacial score (nSPS) is 11.8. The number of hydrogen-bond donors (Lipinski definition) is 0. The maximum atomic E-state index is 6.44. The molecule has 0 unspecified atom stereocenters. The molecule has 53 heavy (non-hydrogen) atoms. The van der Waals surface area contributed by atoms with Crippen LogP contribution in [0.5, 0.6) is 0 Å². The maximum absolute atomic E-state index is 6.44. The van der Waals surface area contributed by atoms with Crippen LogP contribution in [-0.4, -0.2) is 0 Å². The summed E-state index contributed by atoms with van der Waals surface area (Å²) in [6, 6.07) is 68.0. The minimum absolute atomic E-state index is 0.909. The van der Waals surface area contributed by atoms with Gasteiger partial charge >= 0.3 is 0 Å².